The number of anilines is 3. The van der Waals surface area contributed by atoms with E-state index in [9.17, 15) is 17.2 Å². The molecule has 0 bridgehead atoms. The summed E-state index contributed by atoms with van der Waals surface area (Å²) in [6.07, 6.45) is 0. The van der Waals surface area contributed by atoms with Crippen LogP contribution in [0.15, 0.2) is 30.3 Å². The Hall–Kier alpha value is -0.690. The van der Waals surface area contributed by atoms with Crippen LogP contribution in [0.4, 0.5) is 25.8 Å². The molecule has 0 aromatic heterocycles. The molecule has 136 valence electrons. The Morgan fingerprint density at radius 2 is 1.84 bits per heavy atom. The molecule has 0 fully saturated rings. The zero-order chi connectivity index (χ0) is 18.6. The Bertz CT molecular complexity index is 887. The molecule has 0 atom stereocenters. The second-order valence-electron chi connectivity index (χ2n) is 4.72. The van der Waals surface area contributed by atoms with Gasteiger partial charge in [-0.15, -0.1) is 0 Å². The van der Waals surface area contributed by atoms with Gasteiger partial charge in [0.05, 0.1) is 16.4 Å². The van der Waals surface area contributed by atoms with Crippen LogP contribution in [0.5, 0.6) is 0 Å². The molecule has 0 saturated carbocycles. The lowest BCUT2D eigenvalue weighted by Crippen LogP contribution is -2.31. The summed E-state index contributed by atoms with van der Waals surface area (Å²) in [6.45, 7) is 0.130. The number of benzene rings is 2. The van der Waals surface area contributed by atoms with Crippen LogP contribution in [0.3, 0.4) is 0 Å². The maximum Gasteiger partial charge on any atom is 0.299 e. The lowest BCUT2D eigenvalue weighted by Gasteiger charge is -2.16. The standard InChI is InChI=1S/C14H12BrClF2IN3O2S/c15-5-6-20-25(23,24)22-12-4-2-10(17)13(18)14(12)21-11-3-1-8(19)7-9(11)16/h1-4,7,20-22H,5-6H2. The molecule has 3 N–H and O–H groups in total. The minimum absolute atomic E-state index is 0.130. The number of alkyl halides is 1. The summed E-state index contributed by atoms with van der Waals surface area (Å²) >= 11 is 11.2. The SMILES string of the molecule is O=S(=O)(NCCBr)Nc1ccc(F)c(F)c1Nc1ccc(I)cc1Cl. The van der Waals surface area contributed by atoms with Gasteiger partial charge in [0, 0.05) is 15.4 Å². The van der Waals surface area contributed by atoms with Crippen molar-refractivity contribution in [3.05, 3.63) is 50.6 Å². The van der Waals surface area contributed by atoms with Crippen molar-refractivity contribution >= 4 is 77.4 Å². The van der Waals surface area contributed by atoms with Gasteiger partial charge in [0.15, 0.2) is 11.6 Å². The van der Waals surface area contributed by atoms with Crippen molar-refractivity contribution in [1.29, 1.82) is 0 Å². The summed E-state index contributed by atoms with van der Waals surface area (Å²) in [5.74, 6) is -2.35. The first-order valence-corrected chi connectivity index (χ1v) is 10.8. The second-order valence-corrected chi connectivity index (χ2v) is 8.67. The monoisotopic (exact) mass is 565 g/mol. The average Bonchev–Trinajstić information content (AvgIpc) is 2.54. The van der Waals surface area contributed by atoms with E-state index in [2.05, 4.69) is 53.3 Å². The van der Waals surface area contributed by atoms with E-state index in [0.29, 0.717) is 11.0 Å². The number of rotatable bonds is 7. The van der Waals surface area contributed by atoms with E-state index in [0.717, 1.165) is 15.7 Å². The van der Waals surface area contributed by atoms with Gasteiger partial charge in [0.2, 0.25) is 0 Å². The molecule has 0 saturated heterocycles. The van der Waals surface area contributed by atoms with Gasteiger partial charge >= 0.3 is 0 Å². The van der Waals surface area contributed by atoms with E-state index in [1.165, 1.54) is 0 Å². The molecule has 0 amide bonds. The number of hydrogen-bond donors (Lipinski definition) is 3. The van der Waals surface area contributed by atoms with E-state index in [-0.39, 0.29) is 22.9 Å². The van der Waals surface area contributed by atoms with E-state index in [4.69, 9.17) is 11.6 Å². The molecule has 2 rings (SSSR count). The van der Waals surface area contributed by atoms with E-state index >= 15 is 0 Å². The molecule has 0 aliphatic carbocycles. The van der Waals surface area contributed by atoms with Crippen molar-refractivity contribution in [2.24, 2.45) is 0 Å². The number of hydrogen-bond acceptors (Lipinski definition) is 3. The third kappa shape index (κ3) is 5.64. The largest absolute Gasteiger partial charge is 0.350 e. The minimum Gasteiger partial charge on any atom is -0.350 e. The van der Waals surface area contributed by atoms with Crippen LogP contribution in [0.25, 0.3) is 0 Å². The Labute approximate surface area is 171 Å². The first-order chi connectivity index (χ1) is 11.7. The summed E-state index contributed by atoms with van der Waals surface area (Å²) in [5.41, 5.74) is -0.219. The highest BCUT2D eigenvalue weighted by atomic mass is 127. The fourth-order valence-corrected chi connectivity index (χ4v) is 4.10. The van der Waals surface area contributed by atoms with Crippen LogP contribution in [0.2, 0.25) is 5.02 Å². The van der Waals surface area contributed by atoms with Gasteiger partial charge < -0.3 is 5.32 Å². The summed E-state index contributed by atoms with van der Waals surface area (Å²) in [5, 5.41) is 3.32. The number of halogens is 5. The molecular weight excluding hydrogens is 554 g/mol. The summed E-state index contributed by atoms with van der Waals surface area (Å²) in [4.78, 5) is 0. The summed E-state index contributed by atoms with van der Waals surface area (Å²) < 4.78 is 57.0. The van der Waals surface area contributed by atoms with E-state index < -0.39 is 21.8 Å². The van der Waals surface area contributed by atoms with Crippen LogP contribution in [0, 0.1) is 15.2 Å². The minimum atomic E-state index is -3.95. The van der Waals surface area contributed by atoms with E-state index in [1.54, 1.807) is 18.2 Å². The van der Waals surface area contributed by atoms with Crippen LogP contribution in [0.1, 0.15) is 0 Å². The molecule has 0 spiro atoms. The first-order valence-electron chi connectivity index (χ1n) is 6.77. The molecular formula is C14H12BrClF2IN3O2S. The molecule has 0 radical (unpaired) electrons. The fourth-order valence-electron chi connectivity index (χ4n) is 1.84. The molecule has 25 heavy (non-hydrogen) atoms. The van der Waals surface area contributed by atoms with Crippen LogP contribution in [-0.4, -0.2) is 20.3 Å². The zero-order valence-corrected chi connectivity index (χ0v) is 17.7. The summed E-state index contributed by atoms with van der Waals surface area (Å²) in [7, 11) is -3.95. The van der Waals surface area contributed by atoms with Crippen molar-refractivity contribution in [3.8, 4) is 0 Å². The average molecular weight is 567 g/mol. The highest BCUT2D eigenvalue weighted by Crippen LogP contribution is 2.34. The Morgan fingerprint density at radius 1 is 1.16 bits per heavy atom. The Balaban J connectivity index is 2.40. The van der Waals surface area contributed by atoms with Gasteiger partial charge in [-0.05, 0) is 52.9 Å². The topological polar surface area (TPSA) is 70.2 Å². The highest BCUT2D eigenvalue weighted by molar-refractivity contribution is 14.1. The smallest absolute Gasteiger partial charge is 0.299 e. The third-order valence-corrected chi connectivity index (χ3v) is 5.37. The Kier molecular flexibility index (Phi) is 7.26. The van der Waals surface area contributed by atoms with Crippen LogP contribution >= 0.6 is 50.1 Å². The molecule has 0 aliphatic rings. The van der Waals surface area contributed by atoms with Crippen molar-refractivity contribution in [1.82, 2.24) is 4.72 Å². The van der Waals surface area contributed by atoms with Crippen molar-refractivity contribution in [2.45, 2.75) is 0 Å². The van der Waals surface area contributed by atoms with Crippen LogP contribution in [-0.2, 0) is 10.2 Å². The van der Waals surface area contributed by atoms with Crippen LogP contribution < -0.4 is 14.8 Å². The van der Waals surface area contributed by atoms with Gasteiger partial charge in [0.1, 0.15) is 5.69 Å². The maximum absolute atomic E-state index is 14.2. The fraction of sp³-hybridized carbons (Fsp3) is 0.143. The van der Waals surface area contributed by atoms with Gasteiger partial charge in [0.25, 0.3) is 10.2 Å². The maximum atomic E-state index is 14.2. The quantitative estimate of drug-likeness (QED) is 0.339. The summed E-state index contributed by atoms with van der Waals surface area (Å²) in [6, 6.07) is 6.87. The molecule has 2 aromatic carbocycles. The predicted octanol–water partition coefficient (Wildman–Crippen LogP) is 4.61. The second kappa shape index (κ2) is 8.80. The first kappa shape index (κ1) is 20.6. The molecule has 0 aliphatic heterocycles. The number of nitrogens with one attached hydrogen (secondary N) is 3. The lowest BCUT2D eigenvalue weighted by atomic mass is 10.2. The van der Waals surface area contributed by atoms with Gasteiger partial charge in [-0.3, -0.25) is 4.72 Å². The lowest BCUT2D eigenvalue weighted by molar-refractivity contribution is 0.512. The molecule has 0 heterocycles. The third-order valence-electron chi connectivity index (χ3n) is 2.92. The Morgan fingerprint density at radius 3 is 2.48 bits per heavy atom. The van der Waals surface area contributed by atoms with Crippen molar-refractivity contribution in [3.63, 3.8) is 0 Å². The van der Waals surface area contributed by atoms with Crippen molar-refractivity contribution in [2.75, 3.05) is 21.9 Å². The molecule has 0 unspecified atom stereocenters. The molecule has 5 nitrogen and oxygen atoms in total. The van der Waals surface area contributed by atoms with Crippen molar-refractivity contribution < 1.29 is 17.2 Å². The van der Waals surface area contributed by atoms with Gasteiger partial charge in [-0.1, -0.05) is 27.5 Å². The predicted molar refractivity (Wildman–Crippen MR) is 108 cm³/mol. The van der Waals surface area contributed by atoms with Gasteiger partial charge in [-0.25, -0.2) is 8.78 Å². The highest BCUT2D eigenvalue weighted by Gasteiger charge is 2.19. The molecule has 11 heteroatoms. The normalized spacial score (nSPS) is 11.4. The molecule has 2 aromatic rings. The van der Waals surface area contributed by atoms with E-state index in [1.807, 2.05) is 0 Å². The van der Waals surface area contributed by atoms with Gasteiger partial charge in [-0.2, -0.15) is 13.1 Å². The zero-order valence-electron chi connectivity index (χ0n) is 12.4.